The molecule has 342 valence electrons. The number of hydrogen-bond acceptors (Lipinski definition) is 9. The van der Waals surface area contributed by atoms with E-state index in [1.54, 1.807) is 13.8 Å². The third-order valence-corrected chi connectivity index (χ3v) is 12.1. The number of pyridine rings is 2. The minimum atomic E-state index is -4.76. The molecule has 2 saturated carbocycles. The Hall–Kier alpha value is -3.99. The van der Waals surface area contributed by atoms with Gasteiger partial charge in [-0.05, 0) is 92.6 Å². The lowest BCUT2D eigenvalue weighted by molar-refractivity contribution is -0.148. The van der Waals surface area contributed by atoms with Crippen molar-refractivity contribution in [2.45, 2.75) is 130 Å². The number of ether oxygens (including phenoxy) is 2. The Morgan fingerprint density at radius 3 is 1.48 bits per heavy atom. The SMILES string of the molecule is C1CC2(C1)CNC2.CCOC(=O)C(CC(C)C)n1cc(CC=O)c(C(F)(F)F)cc1=O.CCOC(=O)C(CC(C)C)n1cc(CCN2CC3(CCC3)C2)c(C(F)(F)F)cc1=O. The summed E-state index contributed by atoms with van der Waals surface area (Å²) in [5, 5.41) is 3.30. The standard InChI is InChI=1S/C22H31F3N2O3.C16H20F3NO4.C6H11N/c1-4-30-20(29)18(10-15(2)3)27-12-16(17(11-19(27)28)22(23,24)25)6-9-26-13-21(14-26)7-5-8-21;1-4-24-15(23)13(7-10(2)3)20-9-11(5-6-21)12(8-14(20)22)16(17,18)19;1-2-6(3-1)4-7-5-6/h11-12,15,18H,4-10,13-14H2,1-3H3;6,8-10,13H,4-5,7H2,1-3H3;7H,1-5H2. The van der Waals surface area contributed by atoms with Crippen LogP contribution >= 0.6 is 0 Å². The van der Waals surface area contributed by atoms with E-state index in [0.29, 0.717) is 36.8 Å². The maximum atomic E-state index is 13.6. The number of aldehydes is 1. The monoisotopic (exact) mass is 872 g/mol. The average molecular weight is 873 g/mol. The van der Waals surface area contributed by atoms with Gasteiger partial charge >= 0.3 is 24.3 Å². The van der Waals surface area contributed by atoms with Crippen LogP contribution in [0.3, 0.4) is 0 Å². The van der Waals surface area contributed by atoms with Crippen LogP contribution in [0.4, 0.5) is 26.3 Å². The molecule has 2 atom stereocenters. The van der Waals surface area contributed by atoms with Crippen LogP contribution < -0.4 is 16.4 Å². The number of alkyl halides is 6. The molecule has 2 aliphatic heterocycles. The van der Waals surface area contributed by atoms with Crippen LogP contribution in [0.5, 0.6) is 0 Å². The second-order valence-corrected chi connectivity index (χ2v) is 17.8. The molecule has 4 heterocycles. The normalized spacial score (nSPS) is 18.6. The van der Waals surface area contributed by atoms with Crippen LogP contribution in [0.2, 0.25) is 0 Å². The van der Waals surface area contributed by atoms with E-state index in [1.807, 2.05) is 27.7 Å². The number of likely N-dealkylation sites (tertiary alicyclic amines) is 1. The average Bonchev–Trinajstić information content (AvgIpc) is 3.08. The van der Waals surface area contributed by atoms with Crippen molar-refractivity contribution in [3.63, 3.8) is 0 Å². The smallest absolute Gasteiger partial charge is 0.416 e. The molecule has 2 spiro atoms. The second-order valence-electron chi connectivity index (χ2n) is 17.8. The summed E-state index contributed by atoms with van der Waals surface area (Å²) in [6.45, 7) is 15.9. The molecule has 0 amide bonds. The van der Waals surface area contributed by atoms with Crippen molar-refractivity contribution >= 4 is 18.2 Å². The molecule has 2 saturated heterocycles. The van der Waals surface area contributed by atoms with Gasteiger partial charge in [-0.25, -0.2) is 9.59 Å². The summed E-state index contributed by atoms with van der Waals surface area (Å²) in [7, 11) is 0. The lowest BCUT2D eigenvalue weighted by Crippen LogP contribution is -2.59. The van der Waals surface area contributed by atoms with Crippen molar-refractivity contribution in [1.82, 2.24) is 19.4 Å². The number of esters is 2. The Labute approximate surface area is 353 Å². The number of rotatable bonds is 15. The molecular formula is C44H62F6N4O7. The number of carbonyl (C=O) groups is 3. The molecule has 2 aromatic heterocycles. The molecule has 1 N–H and O–H groups in total. The molecule has 0 radical (unpaired) electrons. The van der Waals surface area contributed by atoms with Crippen molar-refractivity contribution in [2.24, 2.45) is 22.7 Å². The third-order valence-electron chi connectivity index (χ3n) is 12.1. The Morgan fingerprint density at radius 2 is 1.16 bits per heavy atom. The fourth-order valence-electron chi connectivity index (χ4n) is 8.51. The van der Waals surface area contributed by atoms with Gasteiger partial charge in [0.25, 0.3) is 11.1 Å². The van der Waals surface area contributed by atoms with Crippen LogP contribution in [0, 0.1) is 22.7 Å². The van der Waals surface area contributed by atoms with Gasteiger partial charge in [-0.2, -0.15) is 26.3 Å². The highest BCUT2D eigenvalue weighted by atomic mass is 19.4. The fraction of sp³-hybridized carbons (Fsp3) is 0.705. The zero-order valence-electron chi connectivity index (χ0n) is 36.2. The summed E-state index contributed by atoms with van der Waals surface area (Å²) >= 11 is 0. The first kappa shape index (κ1) is 49.7. The molecule has 2 aromatic rings. The first-order valence-corrected chi connectivity index (χ1v) is 21.4. The fourth-order valence-corrected chi connectivity index (χ4v) is 8.51. The van der Waals surface area contributed by atoms with Crippen molar-refractivity contribution in [2.75, 3.05) is 45.9 Å². The van der Waals surface area contributed by atoms with Crippen LogP contribution in [0.15, 0.2) is 34.1 Å². The van der Waals surface area contributed by atoms with Gasteiger partial charge in [-0.15, -0.1) is 0 Å². The van der Waals surface area contributed by atoms with Crippen LogP contribution in [0.1, 0.15) is 127 Å². The first-order chi connectivity index (χ1) is 28.6. The molecule has 17 heteroatoms. The highest BCUT2D eigenvalue weighted by molar-refractivity contribution is 5.74. The maximum Gasteiger partial charge on any atom is 0.416 e. The first-order valence-electron chi connectivity index (χ1n) is 21.4. The van der Waals surface area contributed by atoms with Gasteiger partial charge in [-0.3, -0.25) is 9.59 Å². The predicted molar refractivity (Wildman–Crippen MR) is 217 cm³/mol. The molecule has 6 rings (SSSR count). The molecule has 0 aromatic carbocycles. The molecule has 4 aliphatic rings. The number of halogens is 6. The van der Waals surface area contributed by atoms with Crippen LogP contribution in [-0.2, 0) is 49.1 Å². The summed E-state index contributed by atoms with van der Waals surface area (Å²) in [6, 6.07) is -0.914. The van der Waals surface area contributed by atoms with Gasteiger partial charge in [-0.1, -0.05) is 40.5 Å². The van der Waals surface area contributed by atoms with Crippen LogP contribution in [0.25, 0.3) is 0 Å². The Balaban J connectivity index is 0.000000234. The number of nitrogens with zero attached hydrogens (tertiary/aromatic N) is 3. The van der Waals surface area contributed by atoms with E-state index in [-0.39, 0.29) is 49.0 Å². The highest BCUT2D eigenvalue weighted by Crippen LogP contribution is 2.48. The van der Waals surface area contributed by atoms with E-state index in [4.69, 9.17) is 9.47 Å². The van der Waals surface area contributed by atoms with Gasteiger partial charge in [0, 0.05) is 63.7 Å². The molecule has 2 unspecified atom stereocenters. The number of hydrogen-bond donors (Lipinski definition) is 1. The van der Waals surface area contributed by atoms with Gasteiger partial charge < -0.3 is 33.6 Å². The van der Waals surface area contributed by atoms with Crippen LogP contribution in [-0.4, -0.2) is 78.2 Å². The number of nitrogens with one attached hydrogen (secondary N) is 1. The summed E-state index contributed by atoms with van der Waals surface area (Å²) in [6.07, 6.45) is 1.47. The summed E-state index contributed by atoms with van der Waals surface area (Å²) in [5.74, 6) is -1.21. The van der Waals surface area contributed by atoms with Gasteiger partial charge in [0.2, 0.25) is 0 Å². The second kappa shape index (κ2) is 20.9. The topological polar surface area (TPSA) is 129 Å². The van der Waals surface area contributed by atoms with Gasteiger partial charge in [0.1, 0.15) is 18.4 Å². The maximum absolute atomic E-state index is 13.6. The minimum absolute atomic E-state index is 0.00289. The zero-order valence-corrected chi connectivity index (χ0v) is 36.2. The minimum Gasteiger partial charge on any atom is -0.464 e. The quantitative estimate of drug-likeness (QED) is 0.110. The predicted octanol–water partition coefficient (Wildman–Crippen LogP) is 7.56. The third kappa shape index (κ3) is 13.0. The molecule has 11 nitrogen and oxygen atoms in total. The van der Waals surface area contributed by atoms with Crippen molar-refractivity contribution < 1.29 is 50.2 Å². The molecule has 2 aliphatic carbocycles. The molecular weight excluding hydrogens is 810 g/mol. The molecule has 61 heavy (non-hydrogen) atoms. The van der Waals surface area contributed by atoms with E-state index in [2.05, 4.69) is 10.2 Å². The van der Waals surface area contributed by atoms with Crippen molar-refractivity contribution in [1.29, 1.82) is 0 Å². The van der Waals surface area contributed by atoms with E-state index < -0.39 is 65.0 Å². The van der Waals surface area contributed by atoms with E-state index in [9.17, 15) is 50.3 Å². The summed E-state index contributed by atoms with van der Waals surface area (Å²) in [4.78, 5) is 62.1. The van der Waals surface area contributed by atoms with E-state index >= 15 is 0 Å². The summed E-state index contributed by atoms with van der Waals surface area (Å²) < 4.78 is 91.9. The van der Waals surface area contributed by atoms with E-state index in [1.165, 1.54) is 57.8 Å². The Bertz CT molecular complexity index is 1900. The molecule has 4 fully saturated rings. The van der Waals surface area contributed by atoms with Gasteiger partial charge in [0.05, 0.1) is 24.3 Å². The van der Waals surface area contributed by atoms with Crippen molar-refractivity contribution in [3.05, 3.63) is 67.5 Å². The lowest BCUT2D eigenvalue weighted by Gasteiger charge is -2.56. The number of aromatic nitrogens is 2. The van der Waals surface area contributed by atoms with Crippen molar-refractivity contribution in [3.8, 4) is 0 Å². The lowest BCUT2D eigenvalue weighted by atomic mass is 9.63. The Morgan fingerprint density at radius 1 is 0.738 bits per heavy atom. The highest BCUT2D eigenvalue weighted by Gasteiger charge is 2.47. The Kier molecular flexibility index (Phi) is 17.0. The molecule has 0 bridgehead atoms. The summed E-state index contributed by atoms with van der Waals surface area (Å²) in [5.41, 5.74) is -2.93. The number of carbonyl (C=O) groups excluding carboxylic acids is 3. The van der Waals surface area contributed by atoms with Gasteiger partial charge in [0.15, 0.2) is 0 Å². The largest absolute Gasteiger partial charge is 0.464 e. The van der Waals surface area contributed by atoms with E-state index in [0.717, 1.165) is 33.8 Å². The zero-order chi connectivity index (χ0) is 45.3.